The minimum absolute atomic E-state index is 0.00795. The number of likely N-dealkylation sites (tertiary alicyclic amines) is 1. The molecule has 1 N–H and O–H groups in total. The normalized spacial score (nSPS) is 15.7. The van der Waals surface area contributed by atoms with E-state index in [9.17, 15) is 4.79 Å². The van der Waals surface area contributed by atoms with E-state index in [0.717, 1.165) is 37.1 Å². The van der Waals surface area contributed by atoms with Crippen LogP contribution < -0.4 is 14.8 Å². The van der Waals surface area contributed by atoms with Gasteiger partial charge in [-0.15, -0.1) is 0 Å². The highest BCUT2D eigenvalue weighted by atomic mass is 16.5. The molecule has 1 aromatic heterocycles. The average Bonchev–Trinajstić information content (AvgIpc) is 3.33. The lowest BCUT2D eigenvalue weighted by atomic mass is 9.95. The summed E-state index contributed by atoms with van der Waals surface area (Å²) in [6, 6.07) is 15.4. The highest BCUT2D eigenvalue weighted by molar-refractivity contribution is 5.79. The summed E-state index contributed by atoms with van der Waals surface area (Å²) >= 11 is 0. The number of carbonyl (C=O) groups excluding carboxylic acids is 1. The smallest absolute Gasteiger partial charge is 0.241 e. The lowest BCUT2D eigenvalue weighted by Gasteiger charge is -2.31. The van der Waals surface area contributed by atoms with Gasteiger partial charge < -0.3 is 19.3 Å². The van der Waals surface area contributed by atoms with Gasteiger partial charge in [0.2, 0.25) is 17.6 Å². The van der Waals surface area contributed by atoms with Gasteiger partial charge in [-0.1, -0.05) is 41.6 Å². The molecule has 1 fully saturated rings. The molecular formula is C25H30N4O4. The summed E-state index contributed by atoms with van der Waals surface area (Å²) in [5.41, 5.74) is 1.91. The van der Waals surface area contributed by atoms with Crippen molar-refractivity contribution in [2.24, 2.45) is 5.92 Å². The number of amides is 1. The van der Waals surface area contributed by atoms with E-state index in [2.05, 4.69) is 20.4 Å². The van der Waals surface area contributed by atoms with Gasteiger partial charge in [-0.25, -0.2) is 0 Å². The van der Waals surface area contributed by atoms with E-state index >= 15 is 0 Å². The van der Waals surface area contributed by atoms with E-state index in [1.807, 2.05) is 55.5 Å². The van der Waals surface area contributed by atoms with Crippen LogP contribution in [0.3, 0.4) is 0 Å². The summed E-state index contributed by atoms with van der Waals surface area (Å²) < 4.78 is 16.1. The third-order valence-electron chi connectivity index (χ3n) is 6.08. The fourth-order valence-electron chi connectivity index (χ4n) is 4.10. The van der Waals surface area contributed by atoms with Crippen LogP contribution in [-0.4, -0.2) is 48.3 Å². The van der Waals surface area contributed by atoms with Crippen LogP contribution in [0.15, 0.2) is 53.1 Å². The lowest BCUT2D eigenvalue weighted by molar-refractivity contribution is -0.127. The number of nitrogens with one attached hydrogen (secondary N) is 1. The predicted molar refractivity (Wildman–Crippen MR) is 124 cm³/mol. The zero-order valence-electron chi connectivity index (χ0n) is 19.3. The molecule has 1 amide bonds. The summed E-state index contributed by atoms with van der Waals surface area (Å²) in [6.07, 6.45) is 1.59. The van der Waals surface area contributed by atoms with Crippen LogP contribution in [0.4, 0.5) is 0 Å². The first-order valence-electron chi connectivity index (χ1n) is 11.2. The molecule has 0 aliphatic carbocycles. The molecule has 0 spiro atoms. The number of methoxy groups -OCH3 is 2. The fourth-order valence-corrected chi connectivity index (χ4v) is 4.10. The number of hydrogen-bond acceptors (Lipinski definition) is 7. The van der Waals surface area contributed by atoms with Crippen molar-refractivity contribution < 1.29 is 18.8 Å². The Morgan fingerprint density at radius 3 is 2.55 bits per heavy atom. The molecule has 4 rings (SSSR count). The first-order valence-corrected chi connectivity index (χ1v) is 11.2. The Kier molecular flexibility index (Phi) is 7.24. The van der Waals surface area contributed by atoms with Crippen LogP contribution >= 0.6 is 0 Å². The first kappa shape index (κ1) is 22.8. The molecule has 2 aromatic carbocycles. The predicted octanol–water partition coefficient (Wildman–Crippen LogP) is 3.84. The van der Waals surface area contributed by atoms with E-state index in [1.54, 1.807) is 14.2 Å². The topological polar surface area (TPSA) is 89.7 Å². The van der Waals surface area contributed by atoms with Crippen LogP contribution in [0.25, 0.3) is 11.4 Å². The molecule has 174 valence electrons. The van der Waals surface area contributed by atoms with Gasteiger partial charge in [-0.2, -0.15) is 4.98 Å². The maximum absolute atomic E-state index is 12.9. The second-order valence-electron chi connectivity index (χ2n) is 8.27. The van der Waals surface area contributed by atoms with Gasteiger partial charge in [0.25, 0.3) is 0 Å². The molecule has 0 radical (unpaired) electrons. The Bertz CT molecular complexity index is 1060. The molecule has 8 heteroatoms. The molecule has 1 aliphatic heterocycles. The van der Waals surface area contributed by atoms with Gasteiger partial charge in [0, 0.05) is 11.5 Å². The number of benzene rings is 2. The summed E-state index contributed by atoms with van der Waals surface area (Å²) in [7, 11) is 3.21. The molecule has 1 atom stereocenters. The number of carbonyl (C=O) groups is 1. The summed E-state index contributed by atoms with van der Waals surface area (Å²) in [5.74, 6) is 2.60. The number of hydrogen-bond donors (Lipinski definition) is 1. The van der Waals surface area contributed by atoms with E-state index in [0.29, 0.717) is 29.8 Å². The number of rotatable bonds is 8. The van der Waals surface area contributed by atoms with E-state index < -0.39 is 0 Å². The zero-order valence-corrected chi connectivity index (χ0v) is 19.3. The van der Waals surface area contributed by atoms with Crippen molar-refractivity contribution in [3.05, 3.63) is 60.0 Å². The van der Waals surface area contributed by atoms with Gasteiger partial charge in [-0.3, -0.25) is 9.69 Å². The number of piperidine rings is 1. The number of ether oxygens (including phenoxy) is 2. The molecule has 1 unspecified atom stereocenters. The molecule has 3 aromatic rings. The average molecular weight is 451 g/mol. The third-order valence-corrected chi connectivity index (χ3v) is 6.08. The largest absolute Gasteiger partial charge is 0.493 e. The second-order valence-corrected chi connectivity index (χ2v) is 8.27. The van der Waals surface area contributed by atoms with Crippen LogP contribution in [-0.2, 0) is 11.3 Å². The van der Waals surface area contributed by atoms with Gasteiger partial charge in [0.15, 0.2) is 11.5 Å². The van der Waals surface area contributed by atoms with Gasteiger partial charge in [0.1, 0.15) is 0 Å². The van der Waals surface area contributed by atoms with E-state index in [1.165, 1.54) is 0 Å². The highest BCUT2D eigenvalue weighted by Gasteiger charge is 2.27. The molecule has 8 nitrogen and oxygen atoms in total. The van der Waals surface area contributed by atoms with Gasteiger partial charge >= 0.3 is 0 Å². The van der Waals surface area contributed by atoms with Crippen LogP contribution in [0, 0.1) is 5.92 Å². The van der Waals surface area contributed by atoms with Gasteiger partial charge in [0.05, 0.1) is 26.8 Å². The zero-order chi connectivity index (χ0) is 23.2. The Labute approximate surface area is 193 Å². The van der Waals surface area contributed by atoms with Crippen molar-refractivity contribution in [3.8, 4) is 22.9 Å². The van der Waals surface area contributed by atoms with Gasteiger partial charge in [-0.05, 0) is 50.6 Å². The Hall–Kier alpha value is -3.39. The molecule has 1 aliphatic rings. The molecular weight excluding hydrogens is 420 g/mol. The molecule has 0 bridgehead atoms. The maximum atomic E-state index is 12.9. The molecule has 0 saturated carbocycles. The number of aromatic nitrogens is 2. The summed E-state index contributed by atoms with van der Waals surface area (Å²) in [6.45, 7) is 4.20. The molecule has 2 heterocycles. The fraction of sp³-hybridized carbons (Fsp3) is 0.400. The number of nitrogens with zero attached hydrogens (tertiary/aromatic N) is 3. The first-order chi connectivity index (χ1) is 16.1. The van der Waals surface area contributed by atoms with Crippen LogP contribution in [0.5, 0.6) is 11.5 Å². The highest BCUT2D eigenvalue weighted by Crippen LogP contribution is 2.30. The minimum atomic E-state index is -0.120. The Morgan fingerprint density at radius 2 is 1.85 bits per heavy atom. The Balaban J connectivity index is 1.27. The Morgan fingerprint density at radius 1 is 1.12 bits per heavy atom. The van der Waals surface area contributed by atoms with Crippen molar-refractivity contribution in [2.45, 2.75) is 32.4 Å². The SMILES string of the molecule is COc1ccc(C(C)NC(=O)C2CCN(Cc3nc(-c4ccccc4)no3)CC2)cc1OC. The minimum Gasteiger partial charge on any atom is -0.493 e. The standard InChI is InChI=1S/C25H30N4O4/c1-17(20-9-10-21(31-2)22(15-20)32-3)26-25(30)19-11-13-29(14-12-19)16-23-27-24(28-33-23)18-7-5-4-6-8-18/h4-10,15,17,19H,11-14,16H2,1-3H3,(H,26,30). The lowest BCUT2D eigenvalue weighted by Crippen LogP contribution is -2.40. The van der Waals surface area contributed by atoms with Crippen molar-refractivity contribution >= 4 is 5.91 Å². The quantitative estimate of drug-likeness (QED) is 0.558. The molecule has 1 saturated heterocycles. The van der Waals surface area contributed by atoms with Crippen molar-refractivity contribution in [1.82, 2.24) is 20.4 Å². The van der Waals surface area contributed by atoms with E-state index in [-0.39, 0.29) is 17.9 Å². The van der Waals surface area contributed by atoms with E-state index in [4.69, 9.17) is 14.0 Å². The van der Waals surface area contributed by atoms with Crippen LogP contribution in [0.1, 0.15) is 37.3 Å². The summed E-state index contributed by atoms with van der Waals surface area (Å²) in [4.78, 5) is 19.6. The van der Waals surface area contributed by atoms with Crippen LogP contribution in [0.2, 0.25) is 0 Å². The maximum Gasteiger partial charge on any atom is 0.241 e. The summed E-state index contributed by atoms with van der Waals surface area (Å²) in [5, 5.41) is 7.23. The van der Waals surface area contributed by atoms with Crippen molar-refractivity contribution in [2.75, 3.05) is 27.3 Å². The molecule has 33 heavy (non-hydrogen) atoms. The van der Waals surface area contributed by atoms with Crippen molar-refractivity contribution in [1.29, 1.82) is 0 Å². The van der Waals surface area contributed by atoms with Crippen molar-refractivity contribution in [3.63, 3.8) is 0 Å². The third kappa shape index (κ3) is 5.51. The monoisotopic (exact) mass is 450 g/mol. The second kappa shape index (κ2) is 10.5.